The summed E-state index contributed by atoms with van der Waals surface area (Å²) in [6.07, 6.45) is 2.34. The third kappa shape index (κ3) is 2.30. The molecule has 1 aliphatic rings. The average molecular weight is 224 g/mol. The molecule has 0 saturated carbocycles. The first-order valence-electron chi connectivity index (χ1n) is 5.44. The Morgan fingerprint density at radius 2 is 2.06 bits per heavy atom. The quantitative estimate of drug-likeness (QED) is 0.556. The first-order chi connectivity index (χ1) is 7.83. The minimum absolute atomic E-state index is 0.312. The van der Waals surface area contributed by atoms with Crippen molar-refractivity contribution in [3.63, 3.8) is 0 Å². The Hall–Kier alpha value is -1.63. The minimum atomic E-state index is 0.312. The van der Waals surface area contributed by atoms with Crippen molar-refractivity contribution in [3.8, 4) is 6.01 Å². The van der Waals surface area contributed by atoms with Crippen LogP contribution >= 0.6 is 0 Å². The lowest BCUT2D eigenvalue weighted by atomic mass is 10.4. The molecule has 0 atom stereocenters. The second kappa shape index (κ2) is 4.93. The maximum Gasteiger partial charge on any atom is 0.323 e. The van der Waals surface area contributed by atoms with E-state index in [9.17, 15) is 0 Å². The van der Waals surface area contributed by atoms with Gasteiger partial charge < -0.3 is 9.64 Å². The van der Waals surface area contributed by atoms with Gasteiger partial charge in [-0.3, -0.25) is 5.43 Å². The van der Waals surface area contributed by atoms with Crippen molar-refractivity contribution in [2.75, 3.05) is 30.0 Å². The Morgan fingerprint density at radius 3 is 2.69 bits per heavy atom. The average Bonchev–Trinajstić information content (AvgIpc) is 2.82. The molecular formula is C9H16N6O. The highest BCUT2D eigenvalue weighted by atomic mass is 16.5. The van der Waals surface area contributed by atoms with Gasteiger partial charge in [0.05, 0.1) is 6.61 Å². The van der Waals surface area contributed by atoms with Gasteiger partial charge in [-0.25, -0.2) is 5.84 Å². The first kappa shape index (κ1) is 10.9. The van der Waals surface area contributed by atoms with E-state index in [-0.39, 0.29) is 0 Å². The molecule has 7 heteroatoms. The van der Waals surface area contributed by atoms with Crippen molar-refractivity contribution >= 4 is 11.9 Å². The van der Waals surface area contributed by atoms with Gasteiger partial charge in [0.1, 0.15) is 0 Å². The van der Waals surface area contributed by atoms with Gasteiger partial charge in [-0.15, -0.1) is 0 Å². The summed E-state index contributed by atoms with van der Waals surface area (Å²) in [6, 6.07) is 0.312. The molecule has 0 aromatic carbocycles. The molecule has 1 aromatic rings. The van der Waals surface area contributed by atoms with Gasteiger partial charge in [-0.05, 0) is 19.8 Å². The van der Waals surface area contributed by atoms with E-state index in [4.69, 9.17) is 10.6 Å². The van der Waals surface area contributed by atoms with Gasteiger partial charge >= 0.3 is 6.01 Å². The molecule has 0 spiro atoms. The van der Waals surface area contributed by atoms with Crippen LogP contribution in [0.4, 0.5) is 11.9 Å². The van der Waals surface area contributed by atoms with Crippen LogP contribution < -0.4 is 20.9 Å². The van der Waals surface area contributed by atoms with Crippen molar-refractivity contribution < 1.29 is 4.74 Å². The van der Waals surface area contributed by atoms with Crippen molar-refractivity contribution in [1.82, 2.24) is 15.0 Å². The summed E-state index contributed by atoms with van der Waals surface area (Å²) in [5.74, 6) is 6.27. The van der Waals surface area contributed by atoms with Crippen LogP contribution in [-0.4, -0.2) is 34.6 Å². The Bertz CT molecular complexity index is 352. The zero-order chi connectivity index (χ0) is 11.4. The van der Waals surface area contributed by atoms with Gasteiger partial charge in [-0.1, -0.05) is 0 Å². The smallest absolute Gasteiger partial charge is 0.323 e. The van der Waals surface area contributed by atoms with E-state index < -0.39 is 0 Å². The monoisotopic (exact) mass is 224 g/mol. The van der Waals surface area contributed by atoms with Gasteiger partial charge in [0.2, 0.25) is 11.9 Å². The molecular weight excluding hydrogens is 208 g/mol. The van der Waals surface area contributed by atoms with Crippen LogP contribution in [0, 0.1) is 0 Å². The second-order valence-electron chi connectivity index (χ2n) is 3.51. The van der Waals surface area contributed by atoms with Crippen LogP contribution in [0.1, 0.15) is 19.8 Å². The Morgan fingerprint density at radius 1 is 1.31 bits per heavy atom. The standard InChI is InChI=1S/C9H16N6O/c1-2-16-9-12-7(14-10)11-8(13-9)15-5-3-4-6-15/h2-6,10H2,1H3,(H,11,12,13,14). The molecule has 1 aliphatic heterocycles. The van der Waals surface area contributed by atoms with Crippen LogP contribution in [-0.2, 0) is 0 Å². The zero-order valence-electron chi connectivity index (χ0n) is 9.31. The summed E-state index contributed by atoms with van der Waals surface area (Å²) in [5, 5.41) is 0. The zero-order valence-corrected chi connectivity index (χ0v) is 9.31. The van der Waals surface area contributed by atoms with E-state index in [1.54, 1.807) is 0 Å². The van der Waals surface area contributed by atoms with E-state index in [0.29, 0.717) is 24.5 Å². The molecule has 0 amide bonds. The van der Waals surface area contributed by atoms with E-state index >= 15 is 0 Å². The molecule has 3 N–H and O–H groups in total. The molecule has 16 heavy (non-hydrogen) atoms. The molecule has 2 heterocycles. The highest BCUT2D eigenvalue weighted by Crippen LogP contribution is 2.18. The summed E-state index contributed by atoms with van der Waals surface area (Å²) < 4.78 is 5.26. The van der Waals surface area contributed by atoms with Gasteiger partial charge in [-0.2, -0.15) is 15.0 Å². The number of nitrogens with two attached hydrogens (primary N) is 1. The lowest BCUT2D eigenvalue weighted by Crippen LogP contribution is -2.22. The number of nitrogens with zero attached hydrogens (tertiary/aromatic N) is 4. The van der Waals surface area contributed by atoms with E-state index in [1.165, 1.54) is 12.8 Å². The van der Waals surface area contributed by atoms with Crippen molar-refractivity contribution in [1.29, 1.82) is 0 Å². The van der Waals surface area contributed by atoms with Crippen LogP contribution in [0.15, 0.2) is 0 Å². The fourth-order valence-corrected chi connectivity index (χ4v) is 1.66. The lowest BCUT2D eigenvalue weighted by Gasteiger charge is -2.15. The molecule has 2 rings (SSSR count). The number of rotatable bonds is 4. The number of hydrogen-bond acceptors (Lipinski definition) is 7. The van der Waals surface area contributed by atoms with Crippen molar-refractivity contribution in [2.45, 2.75) is 19.8 Å². The van der Waals surface area contributed by atoms with E-state index in [2.05, 4.69) is 25.3 Å². The number of anilines is 2. The predicted molar refractivity (Wildman–Crippen MR) is 60.3 cm³/mol. The van der Waals surface area contributed by atoms with Crippen LogP contribution in [0.25, 0.3) is 0 Å². The Balaban J connectivity index is 2.24. The SMILES string of the molecule is CCOc1nc(NN)nc(N2CCCC2)n1. The lowest BCUT2D eigenvalue weighted by molar-refractivity contribution is 0.312. The normalized spacial score (nSPS) is 15.2. The van der Waals surface area contributed by atoms with E-state index in [0.717, 1.165) is 13.1 Å². The number of ether oxygens (including phenoxy) is 1. The van der Waals surface area contributed by atoms with Gasteiger partial charge in [0.25, 0.3) is 0 Å². The largest absolute Gasteiger partial charge is 0.464 e. The topological polar surface area (TPSA) is 89.2 Å². The predicted octanol–water partition coefficient (Wildman–Crippen LogP) is 0.156. The number of hydrazine groups is 1. The Kier molecular flexibility index (Phi) is 3.35. The van der Waals surface area contributed by atoms with Crippen molar-refractivity contribution in [2.24, 2.45) is 5.84 Å². The van der Waals surface area contributed by atoms with Crippen LogP contribution in [0.5, 0.6) is 6.01 Å². The molecule has 0 bridgehead atoms. The molecule has 1 saturated heterocycles. The number of nitrogens with one attached hydrogen (secondary N) is 1. The Labute approximate surface area is 94.0 Å². The minimum Gasteiger partial charge on any atom is -0.464 e. The second-order valence-corrected chi connectivity index (χ2v) is 3.51. The molecule has 0 radical (unpaired) electrons. The summed E-state index contributed by atoms with van der Waals surface area (Å²) >= 11 is 0. The van der Waals surface area contributed by atoms with Crippen LogP contribution in [0.3, 0.4) is 0 Å². The van der Waals surface area contributed by atoms with Gasteiger partial charge in [0.15, 0.2) is 0 Å². The maximum atomic E-state index is 5.31. The third-order valence-corrected chi connectivity index (χ3v) is 2.39. The van der Waals surface area contributed by atoms with Crippen molar-refractivity contribution in [3.05, 3.63) is 0 Å². The first-order valence-corrected chi connectivity index (χ1v) is 5.44. The molecule has 0 unspecified atom stereocenters. The maximum absolute atomic E-state index is 5.31. The number of hydrogen-bond donors (Lipinski definition) is 2. The highest BCUT2D eigenvalue weighted by Gasteiger charge is 2.17. The van der Waals surface area contributed by atoms with E-state index in [1.807, 2.05) is 6.92 Å². The molecule has 1 fully saturated rings. The summed E-state index contributed by atoms with van der Waals surface area (Å²) in [7, 11) is 0. The fraction of sp³-hybridized carbons (Fsp3) is 0.667. The number of nitrogen functional groups attached to an aromatic ring is 1. The highest BCUT2D eigenvalue weighted by molar-refractivity contribution is 5.38. The number of aromatic nitrogens is 3. The van der Waals surface area contributed by atoms with Gasteiger partial charge in [0, 0.05) is 13.1 Å². The molecule has 0 aliphatic carbocycles. The summed E-state index contributed by atoms with van der Waals surface area (Å²) in [4.78, 5) is 14.6. The molecule has 7 nitrogen and oxygen atoms in total. The third-order valence-electron chi connectivity index (χ3n) is 2.39. The molecule has 1 aromatic heterocycles. The summed E-state index contributed by atoms with van der Waals surface area (Å²) in [6.45, 7) is 4.35. The molecule has 88 valence electrons. The summed E-state index contributed by atoms with van der Waals surface area (Å²) in [5.41, 5.74) is 2.42. The fourth-order valence-electron chi connectivity index (χ4n) is 1.66. The van der Waals surface area contributed by atoms with Crippen LogP contribution in [0.2, 0.25) is 0 Å².